The molecule has 0 fully saturated rings. The van der Waals surface area contributed by atoms with E-state index >= 15 is 0 Å². The van der Waals surface area contributed by atoms with Gasteiger partial charge in [0, 0.05) is 0 Å². The maximum absolute atomic E-state index is 11.3. The molecule has 0 bridgehead atoms. The van der Waals surface area contributed by atoms with E-state index in [0.29, 0.717) is 0 Å². The zero-order valence-electron chi connectivity index (χ0n) is 11.1. The summed E-state index contributed by atoms with van der Waals surface area (Å²) < 4.78 is 63.4. The summed E-state index contributed by atoms with van der Waals surface area (Å²) in [7, 11) is -8.79. The molecule has 2 aromatic rings. The molecule has 2 rings (SSSR count). The molecule has 2 N–H and O–H groups in total. The van der Waals surface area contributed by atoms with Crippen LogP contribution in [-0.4, -0.2) is 85.1 Å². The van der Waals surface area contributed by atoms with Crippen LogP contribution in [0.3, 0.4) is 0 Å². The predicted molar refractivity (Wildman–Crippen MR) is 95.7 cm³/mol. The molecule has 0 aliphatic heterocycles. The van der Waals surface area contributed by atoms with Gasteiger partial charge in [0.2, 0.25) is 0 Å². The Kier molecular flexibility index (Phi) is 9.63. The van der Waals surface area contributed by atoms with Crippen LogP contribution in [0.4, 0.5) is 0 Å². The molecule has 0 heterocycles. The van der Waals surface area contributed by atoms with E-state index < -0.39 is 20.2 Å². The first kappa shape index (κ1) is 24.0. The van der Waals surface area contributed by atoms with Gasteiger partial charge in [-0.15, -0.1) is 0 Å². The van der Waals surface area contributed by atoms with Crippen molar-refractivity contribution >= 4 is 91.5 Å². The van der Waals surface area contributed by atoms with Crippen molar-refractivity contribution < 1.29 is 25.9 Å². The van der Waals surface area contributed by atoms with Crippen LogP contribution in [0.5, 0.6) is 0 Å². The van der Waals surface area contributed by atoms with Crippen LogP contribution in [0, 0.1) is 0 Å². The number of hydrogen-bond donors (Lipinski definition) is 2. The van der Waals surface area contributed by atoms with Crippen molar-refractivity contribution in [3.05, 3.63) is 59.7 Å². The zero-order chi connectivity index (χ0) is 16.4. The Morgan fingerprint density at radius 1 is 0.625 bits per heavy atom. The molecule has 0 amide bonds. The first-order chi connectivity index (χ1) is 10.2. The summed E-state index contributed by atoms with van der Waals surface area (Å²) in [4.78, 5) is -0.592. The number of rotatable bonds is 4. The van der Waals surface area contributed by atoms with E-state index in [1.165, 1.54) is 48.6 Å². The predicted octanol–water partition coefficient (Wildman–Crippen LogP) is 1.05. The molecule has 10 heteroatoms. The SMILES string of the molecule is O=S(=O)(O)c1ccccc1/C=C/c1ccccc1S(=O)(=O)O.[NaH].[NaH]. The average molecular weight is 388 g/mol. The van der Waals surface area contributed by atoms with Crippen LogP contribution < -0.4 is 0 Å². The topological polar surface area (TPSA) is 109 Å². The average Bonchev–Trinajstić information content (AvgIpc) is 2.44. The molecule has 120 valence electrons. The van der Waals surface area contributed by atoms with Crippen LogP contribution in [0.15, 0.2) is 58.3 Å². The van der Waals surface area contributed by atoms with Gasteiger partial charge in [0.1, 0.15) is 9.79 Å². The van der Waals surface area contributed by atoms with Crippen LogP contribution in [0.2, 0.25) is 0 Å². The van der Waals surface area contributed by atoms with Gasteiger partial charge in [-0.25, -0.2) is 0 Å². The Labute approximate surface area is 185 Å². The maximum atomic E-state index is 11.3. The quantitative estimate of drug-likeness (QED) is 0.461. The monoisotopic (exact) mass is 388 g/mol. The Hall–Kier alpha value is 0.000000000000000888. The van der Waals surface area contributed by atoms with Crippen molar-refractivity contribution in [3.63, 3.8) is 0 Å². The first-order valence-electron chi connectivity index (χ1n) is 6.01. The van der Waals surface area contributed by atoms with Crippen LogP contribution >= 0.6 is 0 Å². The Balaban J connectivity index is 0.00000264. The Morgan fingerprint density at radius 3 is 1.21 bits per heavy atom. The summed E-state index contributed by atoms with van der Waals surface area (Å²) in [5.74, 6) is 0. The molecule has 0 unspecified atom stereocenters. The second-order valence-electron chi connectivity index (χ2n) is 4.36. The van der Waals surface area contributed by atoms with Crippen molar-refractivity contribution in [1.82, 2.24) is 0 Å². The van der Waals surface area contributed by atoms with Crippen molar-refractivity contribution in [2.45, 2.75) is 9.79 Å². The molecular weight excluding hydrogens is 374 g/mol. The fourth-order valence-electron chi connectivity index (χ4n) is 1.89. The first-order valence-corrected chi connectivity index (χ1v) is 8.89. The normalized spacial score (nSPS) is 11.6. The second kappa shape index (κ2) is 9.63. The molecule has 0 radical (unpaired) electrons. The summed E-state index contributed by atoms with van der Waals surface area (Å²) in [6, 6.07) is 11.4. The number of benzene rings is 2. The third-order valence-electron chi connectivity index (χ3n) is 2.84. The van der Waals surface area contributed by atoms with Crippen molar-refractivity contribution in [2.75, 3.05) is 0 Å². The van der Waals surface area contributed by atoms with Gasteiger partial charge in [0.05, 0.1) is 0 Å². The number of hydrogen-bond acceptors (Lipinski definition) is 4. The third-order valence-corrected chi connectivity index (χ3v) is 4.69. The standard InChI is InChI=1S/C14H12O6S2.2Na.2H/c15-21(16,17)13-7-3-1-5-11(13)9-10-12-6-2-4-8-14(12)22(18,19)20;;;;/h1-10H,(H,15,16,17)(H,18,19,20);;;;/b10-9+;;;;. The summed E-state index contributed by atoms with van der Waals surface area (Å²) in [5.41, 5.74) is 0.380. The van der Waals surface area contributed by atoms with Crippen LogP contribution in [0.25, 0.3) is 12.2 Å². The zero-order valence-corrected chi connectivity index (χ0v) is 12.8. The molecule has 0 aromatic heterocycles. The minimum absolute atomic E-state index is 0. The van der Waals surface area contributed by atoms with Crippen LogP contribution in [0.1, 0.15) is 11.1 Å². The van der Waals surface area contributed by atoms with Gasteiger partial charge in [-0.3, -0.25) is 9.11 Å². The minimum atomic E-state index is -4.40. The van der Waals surface area contributed by atoms with Crippen molar-refractivity contribution in [3.8, 4) is 0 Å². The van der Waals surface area contributed by atoms with E-state index in [-0.39, 0.29) is 80.0 Å². The fourth-order valence-corrected chi connectivity index (χ4v) is 3.25. The second-order valence-corrected chi connectivity index (χ2v) is 7.14. The van der Waals surface area contributed by atoms with E-state index in [4.69, 9.17) is 9.11 Å². The summed E-state index contributed by atoms with van der Waals surface area (Å²) >= 11 is 0. The molecule has 0 atom stereocenters. The van der Waals surface area contributed by atoms with E-state index in [9.17, 15) is 16.8 Å². The Bertz CT molecular complexity index is 860. The molecule has 0 spiro atoms. The molecule has 0 saturated heterocycles. The fraction of sp³-hybridized carbons (Fsp3) is 0. The van der Waals surface area contributed by atoms with E-state index in [2.05, 4.69) is 0 Å². The third kappa shape index (κ3) is 6.38. The van der Waals surface area contributed by atoms with E-state index in [1.54, 1.807) is 12.1 Å². The molecule has 0 aliphatic carbocycles. The van der Waals surface area contributed by atoms with E-state index in [1.807, 2.05) is 0 Å². The molecule has 2 aromatic carbocycles. The molecule has 6 nitrogen and oxygen atoms in total. The molecule has 0 aliphatic rings. The van der Waals surface area contributed by atoms with Gasteiger partial charge in [0.25, 0.3) is 20.2 Å². The van der Waals surface area contributed by atoms with Gasteiger partial charge in [0.15, 0.2) is 0 Å². The van der Waals surface area contributed by atoms with Gasteiger partial charge in [-0.1, -0.05) is 48.6 Å². The molecule has 0 saturated carbocycles. The molecular formula is C14H14Na2O6S2. The van der Waals surface area contributed by atoms with Crippen molar-refractivity contribution in [1.29, 1.82) is 0 Å². The van der Waals surface area contributed by atoms with Gasteiger partial charge < -0.3 is 0 Å². The summed E-state index contributed by atoms with van der Waals surface area (Å²) in [6.07, 6.45) is 2.68. The van der Waals surface area contributed by atoms with Gasteiger partial charge >= 0.3 is 59.1 Å². The molecule has 24 heavy (non-hydrogen) atoms. The van der Waals surface area contributed by atoms with Crippen LogP contribution in [-0.2, 0) is 20.2 Å². The van der Waals surface area contributed by atoms with Crippen molar-refractivity contribution in [2.24, 2.45) is 0 Å². The Morgan fingerprint density at radius 2 is 0.917 bits per heavy atom. The van der Waals surface area contributed by atoms with Gasteiger partial charge in [-0.05, 0) is 23.3 Å². The van der Waals surface area contributed by atoms with Gasteiger partial charge in [-0.2, -0.15) is 16.8 Å². The summed E-state index contributed by atoms with van der Waals surface area (Å²) in [5, 5.41) is 0. The van der Waals surface area contributed by atoms with E-state index in [0.717, 1.165) is 0 Å². The summed E-state index contributed by atoms with van der Waals surface area (Å²) in [6.45, 7) is 0.